The summed E-state index contributed by atoms with van der Waals surface area (Å²) in [6, 6.07) is 44.5. The molecule has 0 saturated carbocycles. The van der Waals surface area contributed by atoms with Crippen LogP contribution >= 0.6 is 0 Å². The summed E-state index contributed by atoms with van der Waals surface area (Å²) in [5.41, 5.74) is 12.0. The normalized spacial score (nSPS) is 10.5. The van der Waals surface area contributed by atoms with Crippen LogP contribution < -0.4 is 30.0 Å². The molecule has 0 N–H and O–H groups in total. The van der Waals surface area contributed by atoms with Crippen molar-refractivity contribution in [2.24, 2.45) is 0 Å². The highest BCUT2D eigenvalue weighted by Gasteiger charge is 2.11. The molecule has 0 fully saturated rings. The van der Waals surface area contributed by atoms with Gasteiger partial charge in [-0.05, 0) is 92.4 Å². The molecule has 5 rings (SSSR count). The van der Waals surface area contributed by atoms with Gasteiger partial charge in [-0.15, -0.1) is 0 Å². The van der Waals surface area contributed by atoms with Crippen LogP contribution in [-0.2, 0) is 0 Å². The van der Waals surface area contributed by atoms with Crippen LogP contribution in [0.5, 0.6) is 0 Å². The minimum absolute atomic E-state index is 0. The predicted molar refractivity (Wildman–Crippen MR) is 199 cm³/mol. The SMILES string of the molecule is C.CN(C)c1ccc(C(c2ccc(N(C)C)cc2)=c2ccc(=C(c3ccc(N(C)C)cc3)c3ccc(N(C)C)cc3)cc2)cc1. The molecule has 0 bridgehead atoms. The molecule has 0 aromatic heterocycles. The molecule has 0 saturated heterocycles. The maximum atomic E-state index is 2.27. The number of hydrogen-bond acceptors (Lipinski definition) is 4. The molecular weight excluding hydrogens is 548 g/mol. The first kappa shape index (κ1) is 32.9. The Hall–Kier alpha value is -4.96. The van der Waals surface area contributed by atoms with Gasteiger partial charge in [-0.3, -0.25) is 0 Å². The second-order valence-electron chi connectivity index (χ2n) is 12.1. The molecule has 0 heterocycles. The van der Waals surface area contributed by atoms with Crippen LogP contribution in [0.4, 0.5) is 22.7 Å². The summed E-state index contributed by atoms with van der Waals surface area (Å²) < 4.78 is 0. The highest BCUT2D eigenvalue weighted by molar-refractivity contribution is 5.82. The lowest BCUT2D eigenvalue weighted by Crippen LogP contribution is -2.16. The van der Waals surface area contributed by atoms with Gasteiger partial charge < -0.3 is 19.6 Å². The lowest BCUT2D eigenvalue weighted by molar-refractivity contribution is 1.13. The van der Waals surface area contributed by atoms with E-state index in [1.807, 2.05) is 0 Å². The van der Waals surface area contributed by atoms with E-state index < -0.39 is 0 Å². The molecule has 0 amide bonds. The van der Waals surface area contributed by atoms with E-state index in [4.69, 9.17) is 0 Å². The van der Waals surface area contributed by atoms with Gasteiger partial charge >= 0.3 is 0 Å². The molecule has 45 heavy (non-hydrogen) atoms. The molecule has 4 nitrogen and oxygen atoms in total. The van der Waals surface area contributed by atoms with E-state index in [0.717, 1.165) is 0 Å². The Morgan fingerprint density at radius 1 is 0.289 bits per heavy atom. The van der Waals surface area contributed by atoms with Crippen LogP contribution in [0, 0.1) is 0 Å². The van der Waals surface area contributed by atoms with E-state index in [1.54, 1.807) is 0 Å². The second kappa shape index (κ2) is 14.2. The molecule has 5 aromatic carbocycles. The van der Waals surface area contributed by atoms with E-state index >= 15 is 0 Å². The molecule has 232 valence electrons. The summed E-state index contributed by atoms with van der Waals surface area (Å²) >= 11 is 0. The Bertz CT molecular complexity index is 1540. The van der Waals surface area contributed by atoms with Crippen molar-refractivity contribution in [2.75, 3.05) is 76.0 Å². The zero-order valence-corrected chi connectivity index (χ0v) is 27.3. The Labute approximate surface area is 270 Å². The molecule has 4 heteroatoms. The van der Waals surface area contributed by atoms with Crippen molar-refractivity contribution in [3.05, 3.63) is 154 Å². The van der Waals surface area contributed by atoms with Gasteiger partial charge in [0.15, 0.2) is 0 Å². The molecule has 0 atom stereocenters. The Kier molecular flexibility index (Phi) is 10.4. The van der Waals surface area contributed by atoms with Crippen molar-refractivity contribution < 1.29 is 0 Å². The van der Waals surface area contributed by atoms with Gasteiger partial charge in [0.2, 0.25) is 0 Å². The van der Waals surface area contributed by atoms with Crippen molar-refractivity contribution in [3.8, 4) is 0 Å². The van der Waals surface area contributed by atoms with E-state index in [0.29, 0.717) is 0 Å². The zero-order chi connectivity index (χ0) is 31.4. The van der Waals surface area contributed by atoms with Crippen molar-refractivity contribution in [2.45, 2.75) is 7.43 Å². The van der Waals surface area contributed by atoms with Crippen molar-refractivity contribution >= 4 is 33.9 Å². The first-order chi connectivity index (χ1) is 21.1. The van der Waals surface area contributed by atoms with Crippen LogP contribution in [0.2, 0.25) is 0 Å². The van der Waals surface area contributed by atoms with Crippen LogP contribution in [0.3, 0.4) is 0 Å². The number of nitrogens with zero attached hydrogens (tertiary/aromatic N) is 4. The topological polar surface area (TPSA) is 13.0 Å². The molecule has 0 aliphatic carbocycles. The number of anilines is 4. The fourth-order valence-electron chi connectivity index (χ4n) is 5.51. The van der Waals surface area contributed by atoms with Gasteiger partial charge in [0, 0.05) is 79.1 Å². The molecule has 0 radical (unpaired) electrons. The lowest BCUT2D eigenvalue weighted by atomic mass is 9.93. The maximum absolute atomic E-state index is 2.27. The van der Waals surface area contributed by atoms with Gasteiger partial charge in [0.1, 0.15) is 0 Å². The number of benzene rings is 5. The van der Waals surface area contributed by atoms with E-state index in [1.165, 1.54) is 66.6 Å². The third kappa shape index (κ3) is 7.41. The third-order valence-electron chi connectivity index (χ3n) is 8.15. The highest BCUT2D eigenvalue weighted by Crippen LogP contribution is 2.27. The quantitative estimate of drug-likeness (QED) is 0.190. The molecular formula is C41H48N4. The van der Waals surface area contributed by atoms with E-state index in [9.17, 15) is 0 Å². The maximum Gasteiger partial charge on any atom is 0.0361 e. The summed E-state index contributed by atoms with van der Waals surface area (Å²) in [4.78, 5) is 8.55. The summed E-state index contributed by atoms with van der Waals surface area (Å²) in [6.45, 7) is 0. The first-order valence-electron chi connectivity index (χ1n) is 15.1. The third-order valence-corrected chi connectivity index (χ3v) is 8.15. The van der Waals surface area contributed by atoms with Gasteiger partial charge in [-0.2, -0.15) is 0 Å². The van der Waals surface area contributed by atoms with Gasteiger partial charge in [0.05, 0.1) is 0 Å². The minimum atomic E-state index is 0. The monoisotopic (exact) mass is 596 g/mol. The number of hydrogen-bond donors (Lipinski definition) is 0. The van der Waals surface area contributed by atoms with Crippen molar-refractivity contribution in [1.29, 1.82) is 0 Å². The van der Waals surface area contributed by atoms with E-state index in [-0.39, 0.29) is 7.43 Å². The van der Waals surface area contributed by atoms with Crippen molar-refractivity contribution in [1.82, 2.24) is 0 Å². The molecule has 0 unspecified atom stereocenters. The number of rotatable bonds is 8. The fourth-order valence-corrected chi connectivity index (χ4v) is 5.51. The largest absolute Gasteiger partial charge is 0.378 e. The summed E-state index contributed by atoms with van der Waals surface area (Å²) in [6.07, 6.45) is 0. The average molecular weight is 597 g/mol. The fraction of sp³-hybridized carbons (Fsp3) is 0.220. The molecule has 0 spiro atoms. The average Bonchev–Trinajstić information content (AvgIpc) is 3.03. The van der Waals surface area contributed by atoms with Crippen LogP contribution in [0.25, 0.3) is 11.1 Å². The molecule has 0 aliphatic heterocycles. The van der Waals surface area contributed by atoms with Crippen LogP contribution in [0.1, 0.15) is 29.7 Å². The lowest BCUT2D eigenvalue weighted by Gasteiger charge is -2.17. The Balaban J connectivity index is 0.00000461. The minimum Gasteiger partial charge on any atom is -0.378 e. The standard InChI is InChI=1S/C40H44N4.CH4/c1-41(2)35-21-13-31(14-22-35)39(32-15-23-36(24-16-32)42(3)4)29-9-11-30(12-10-29)40(33-17-25-37(26-18-33)43(5)6)34-19-27-38(28-20-34)44(7)8;/h9-28H,1-8H3;1H4. The van der Waals surface area contributed by atoms with Gasteiger partial charge in [-0.25, -0.2) is 0 Å². The van der Waals surface area contributed by atoms with Crippen LogP contribution in [0.15, 0.2) is 121 Å². The Morgan fingerprint density at radius 3 is 0.622 bits per heavy atom. The molecule has 0 aliphatic rings. The first-order valence-corrected chi connectivity index (χ1v) is 15.1. The zero-order valence-electron chi connectivity index (χ0n) is 27.3. The van der Waals surface area contributed by atoms with Crippen LogP contribution in [-0.4, -0.2) is 56.4 Å². The molecule has 5 aromatic rings. The van der Waals surface area contributed by atoms with Crippen molar-refractivity contribution in [3.63, 3.8) is 0 Å². The van der Waals surface area contributed by atoms with Gasteiger partial charge in [-0.1, -0.05) is 80.2 Å². The summed E-state index contributed by atoms with van der Waals surface area (Å²) in [5.74, 6) is 0. The van der Waals surface area contributed by atoms with E-state index in [2.05, 4.69) is 197 Å². The second-order valence-corrected chi connectivity index (χ2v) is 12.1. The highest BCUT2D eigenvalue weighted by atomic mass is 15.1. The predicted octanol–water partition coefficient (Wildman–Crippen LogP) is 7.08. The summed E-state index contributed by atoms with van der Waals surface area (Å²) in [5, 5.41) is 2.38. The van der Waals surface area contributed by atoms with Gasteiger partial charge in [0.25, 0.3) is 0 Å². The Morgan fingerprint density at radius 2 is 0.467 bits per heavy atom. The summed E-state index contributed by atoms with van der Waals surface area (Å²) in [7, 11) is 16.6. The smallest absolute Gasteiger partial charge is 0.0361 e.